The third-order valence-corrected chi connectivity index (χ3v) is 9.48. The first kappa shape index (κ1) is 35.4. The number of amides is 1. The van der Waals surface area contributed by atoms with Crippen molar-refractivity contribution in [1.29, 1.82) is 0 Å². The van der Waals surface area contributed by atoms with Crippen LogP contribution in [0.4, 0.5) is 0 Å². The number of halogens is 1. The molecule has 5 aromatic carbocycles. The highest BCUT2D eigenvalue weighted by Crippen LogP contribution is 2.43. The van der Waals surface area contributed by atoms with Crippen molar-refractivity contribution < 1.29 is 19.4 Å². The Morgan fingerprint density at radius 3 is 2.16 bits per heavy atom. The van der Waals surface area contributed by atoms with E-state index in [1.807, 2.05) is 109 Å². The normalized spacial score (nSPS) is 16.5. The topological polar surface area (TPSA) is 129 Å². The minimum Gasteiger partial charge on any atom is -0.494 e. The lowest BCUT2D eigenvalue weighted by Gasteiger charge is -2.32. The number of hydrogen-bond acceptors (Lipinski definition) is 6. The van der Waals surface area contributed by atoms with Gasteiger partial charge in [0.05, 0.1) is 13.2 Å². The van der Waals surface area contributed by atoms with Gasteiger partial charge in [-0.1, -0.05) is 118 Å². The first-order valence-electron chi connectivity index (χ1n) is 16.8. The van der Waals surface area contributed by atoms with Gasteiger partial charge in [-0.25, -0.2) is 4.99 Å². The standard InChI is InChI=1S/C41H38BrN5O4/c42-35-20-16-31(17-21-35)38-41(26-33-14-7-8-15-34(33)27-45-47-43,46-39(51-38)32-18-22-36(23-19-32)50-25-9-24-48)40(49)44-28-37(29-10-3-1-4-11-29)30-12-5-2-6-13-30/h1-8,10-23,37-38,48H,9,24-28H2,(H,44,49)/t38-,41-/m1/s1. The highest BCUT2D eigenvalue weighted by Gasteiger charge is 2.53. The Morgan fingerprint density at radius 1 is 0.902 bits per heavy atom. The fourth-order valence-corrected chi connectivity index (χ4v) is 6.61. The average Bonchev–Trinajstić information content (AvgIpc) is 3.56. The molecule has 0 aliphatic carbocycles. The number of ether oxygens (including phenoxy) is 2. The lowest BCUT2D eigenvalue weighted by Crippen LogP contribution is -2.51. The van der Waals surface area contributed by atoms with Gasteiger partial charge in [0.1, 0.15) is 5.75 Å². The third-order valence-electron chi connectivity index (χ3n) is 8.96. The lowest BCUT2D eigenvalue weighted by atomic mass is 9.80. The van der Waals surface area contributed by atoms with Crippen molar-refractivity contribution in [2.75, 3.05) is 19.8 Å². The highest BCUT2D eigenvalue weighted by atomic mass is 79.9. The van der Waals surface area contributed by atoms with Gasteiger partial charge >= 0.3 is 0 Å². The van der Waals surface area contributed by atoms with Crippen molar-refractivity contribution in [1.82, 2.24) is 5.32 Å². The number of carbonyl (C=O) groups is 1. The van der Waals surface area contributed by atoms with E-state index in [1.54, 1.807) is 0 Å². The van der Waals surface area contributed by atoms with Crippen LogP contribution < -0.4 is 10.1 Å². The average molecular weight is 745 g/mol. The van der Waals surface area contributed by atoms with Gasteiger partial charge < -0.3 is 19.9 Å². The second-order valence-electron chi connectivity index (χ2n) is 12.3. The molecule has 1 heterocycles. The fraction of sp³-hybridized carbons (Fsp3) is 0.220. The molecule has 0 radical (unpaired) electrons. The van der Waals surface area contributed by atoms with E-state index in [0.717, 1.165) is 32.3 Å². The maximum atomic E-state index is 15.1. The number of aliphatic imine (C=N–C) groups is 1. The predicted molar refractivity (Wildman–Crippen MR) is 202 cm³/mol. The largest absolute Gasteiger partial charge is 0.494 e. The molecule has 0 unspecified atom stereocenters. The van der Waals surface area contributed by atoms with Crippen molar-refractivity contribution in [3.05, 3.63) is 182 Å². The summed E-state index contributed by atoms with van der Waals surface area (Å²) in [6, 6.07) is 43.0. The van der Waals surface area contributed by atoms with Crippen molar-refractivity contribution in [3.63, 3.8) is 0 Å². The summed E-state index contributed by atoms with van der Waals surface area (Å²) in [6.07, 6.45) is -0.0784. The van der Waals surface area contributed by atoms with Gasteiger partial charge in [-0.05, 0) is 69.7 Å². The Morgan fingerprint density at radius 2 is 1.53 bits per heavy atom. The number of hydrogen-bond donors (Lipinski definition) is 2. The summed E-state index contributed by atoms with van der Waals surface area (Å²) in [5, 5.41) is 16.3. The summed E-state index contributed by atoms with van der Waals surface area (Å²) in [5.41, 5.74) is 13.0. The van der Waals surface area contributed by atoms with Crippen LogP contribution in [0.25, 0.3) is 10.4 Å². The zero-order chi connectivity index (χ0) is 35.5. The number of azide groups is 1. The van der Waals surface area contributed by atoms with Gasteiger partial charge in [0.15, 0.2) is 11.6 Å². The van der Waals surface area contributed by atoms with Crippen LogP contribution in [0.5, 0.6) is 5.75 Å². The molecule has 2 atom stereocenters. The van der Waals surface area contributed by atoms with E-state index in [2.05, 4.69) is 55.5 Å². The predicted octanol–water partition coefficient (Wildman–Crippen LogP) is 8.47. The summed E-state index contributed by atoms with van der Waals surface area (Å²) >= 11 is 3.55. The Balaban J connectivity index is 1.44. The lowest BCUT2D eigenvalue weighted by molar-refractivity contribution is -0.129. The van der Waals surface area contributed by atoms with Gasteiger partial charge in [0.2, 0.25) is 5.90 Å². The highest BCUT2D eigenvalue weighted by molar-refractivity contribution is 9.10. The SMILES string of the molecule is [N-]=[N+]=NCc1ccccc1C[C@@]1(C(=O)NCC(c2ccccc2)c2ccccc2)N=C(c2ccc(OCCCO)cc2)O[C@@H]1c1ccc(Br)cc1. The Kier molecular flexibility index (Phi) is 11.8. The molecule has 0 spiro atoms. The molecule has 1 aliphatic rings. The number of nitrogens with one attached hydrogen (secondary N) is 1. The van der Waals surface area contributed by atoms with E-state index in [0.29, 0.717) is 36.8 Å². The second kappa shape index (κ2) is 17.0. The van der Waals surface area contributed by atoms with E-state index >= 15 is 4.79 Å². The van der Waals surface area contributed by atoms with Gasteiger partial charge in [0, 0.05) is 46.9 Å². The Labute approximate surface area is 305 Å². The number of rotatable bonds is 15. The second-order valence-corrected chi connectivity index (χ2v) is 13.2. The molecule has 0 fully saturated rings. The molecule has 258 valence electrons. The van der Waals surface area contributed by atoms with Gasteiger partial charge in [-0.15, -0.1) is 0 Å². The zero-order valence-electron chi connectivity index (χ0n) is 27.9. The van der Waals surface area contributed by atoms with Crippen LogP contribution in [0.1, 0.15) is 51.8 Å². The molecule has 5 aromatic rings. The summed E-state index contributed by atoms with van der Waals surface area (Å²) in [6.45, 7) is 0.900. The number of carbonyl (C=O) groups excluding carboxylic acids is 1. The smallest absolute Gasteiger partial charge is 0.252 e. The molecule has 0 saturated carbocycles. The zero-order valence-corrected chi connectivity index (χ0v) is 29.5. The van der Waals surface area contributed by atoms with Gasteiger partial charge in [0.25, 0.3) is 5.91 Å². The van der Waals surface area contributed by atoms with E-state index < -0.39 is 11.6 Å². The third kappa shape index (κ3) is 8.49. The minimum atomic E-state index is -1.44. The first-order chi connectivity index (χ1) is 25.0. The fourth-order valence-electron chi connectivity index (χ4n) is 6.35. The number of aliphatic hydroxyl groups is 1. The quantitative estimate of drug-likeness (QED) is 0.0482. The molecule has 0 aromatic heterocycles. The van der Waals surface area contributed by atoms with Crippen LogP contribution in [0.15, 0.2) is 148 Å². The van der Waals surface area contributed by atoms with E-state index in [1.165, 1.54) is 0 Å². The molecule has 0 bridgehead atoms. The maximum Gasteiger partial charge on any atom is 0.252 e. The van der Waals surface area contributed by atoms with Crippen LogP contribution in [0.2, 0.25) is 0 Å². The number of benzene rings is 5. The first-order valence-corrected chi connectivity index (χ1v) is 17.6. The molecule has 9 nitrogen and oxygen atoms in total. The van der Waals surface area contributed by atoms with E-state index in [-0.39, 0.29) is 31.4 Å². The molecule has 1 aliphatic heterocycles. The van der Waals surface area contributed by atoms with Crippen molar-refractivity contribution in [2.24, 2.45) is 10.1 Å². The molecule has 6 rings (SSSR count). The molecule has 10 heteroatoms. The summed E-state index contributed by atoms with van der Waals surface area (Å²) in [5.74, 6) is 0.583. The van der Waals surface area contributed by atoms with Gasteiger partial charge in [-0.2, -0.15) is 0 Å². The maximum absolute atomic E-state index is 15.1. The van der Waals surface area contributed by atoms with Crippen LogP contribution in [-0.2, 0) is 22.5 Å². The molecular formula is C41H38BrN5O4. The van der Waals surface area contributed by atoms with E-state index in [4.69, 9.17) is 25.1 Å². The summed E-state index contributed by atoms with van der Waals surface area (Å²) < 4.78 is 13.4. The molecule has 0 saturated heterocycles. The van der Waals surface area contributed by atoms with Crippen LogP contribution in [-0.4, -0.2) is 42.2 Å². The molecule has 2 N–H and O–H groups in total. The van der Waals surface area contributed by atoms with Crippen LogP contribution >= 0.6 is 15.9 Å². The van der Waals surface area contributed by atoms with Crippen LogP contribution in [0, 0.1) is 0 Å². The number of aliphatic hydroxyl groups excluding tert-OH is 1. The molecular weight excluding hydrogens is 706 g/mol. The summed E-state index contributed by atoms with van der Waals surface area (Å²) in [7, 11) is 0. The Bertz CT molecular complexity index is 1950. The van der Waals surface area contributed by atoms with Gasteiger partial charge in [-0.3, -0.25) is 4.79 Å². The minimum absolute atomic E-state index is 0.0494. The Hall–Kier alpha value is -5.41. The van der Waals surface area contributed by atoms with E-state index in [9.17, 15) is 0 Å². The van der Waals surface area contributed by atoms with Crippen molar-refractivity contribution >= 4 is 27.7 Å². The molecule has 1 amide bonds. The number of nitrogens with zero attached hydrogens (tertiary/aromatic N) is 4. The van der Waals surface area contributed by atoms with Crippen molar-refractivity contribution in [2.45, 2.75) is 36.9 Å². The van der Waals surface area contributed by atoms with Crippen LogP contribution in [0.3, 0.4) is 0 Å². The summed E-state index contributed by atoms with van der Waals surface area (Å²) in [4.78, 5) is 23.3. The van der Waals surface area contributed by atoms with Crippen molar-refractivity contribution in [3.8, 4) is 5.75 Å². The molecule has 51 heavy (non-hydrogen) atoms. The monoisotopic (exact) mass is 743 g/mol.